The number of hydrogen-bond acceptors (Lipinski definition) is 4. The van der Waals surface area contributed by atoms with Gasteiger partial charge in [0.2, 0.25) is 5.91 Å². The molecule has 1 aromatic heterocycles. The van der Waals surface area contributed by atoms with E-state index in [1.807, 2.05) is 49.4 Å². The van der Waals surface area contributed by atoms with Gasteiger partial charge in [-0.2, -0.15) is 0 Å². The summed E-state index contributed by atoms with van der Waals surface area (Å²) in [5.41, 5.74) is 2.61. The first-order valence-corrected chi connectivity index (χ1v) is 10.1. The van der Waals surface area contributed by atoms with Gasteiger partial charge in [0.15, 0.2) is 5.16 Å². The third-order valence-electron chi connectivity index (χ3n) is 4.25. The molecule has 1 amide bonds. The third kappa shape index (κ3) is 4.57. The standard InChI is InChI=1S/C21H23N3O2S/c1-3-13-24-20(26)17-7-5-6-8-18(17)23-21(24)27-14-19(25)22-16-11-9-15(4-2)10-12-16/h5-12H,3-4,13-14H2,1-2H3,(H,22,25). The third-order valence-corrected chi connectivity index (χ3v) is 5.23. The van der Waals surface area contributed by atoms with Gasteiger partial charge < -0.3 is 5.32 Å². The van der Waals surface area contributed by atoms with E-state index in [1.54, 1.807) is 10.6 Å². The van der Waals surface area contributed by atoms with Gasteiger partial charge in [0.25, 0.3) is 5.56 Å². The molecular weight excluding hydrogens is 358 g/mol. The molecule has 0 unspecified atom stereocenters. The highest BCUT2D eigenvalue weighted by Crippen LogP contribution is 2.19. The number of aryl methyl sites for hydroxylation is 1. The molecule has 0 fully saturated rings. The normalized spacial score (nSPS) is 10.9. The molecule has 0 aliphatic rings. The lowest BCUT2D eigenvalue weighted by Crippen LogP contribution is -2.24. The molecule has 5 nitrogen and oxygen atoms in total. The first kappa shape index (κ1) is 19.2. The summed E-state index contributed by atoms with van der Waals surface area (Å²) < 4.78 is 1.66. The topological polar surface area (TPSA) is 64.0 Å². The van der Waals surface area contributed by atoms with Crippen LogP contribution in [0.3, 0.4) is 0 Å². The van der Waals surface area contributed by atoms with Crippen molar-refractivity contribution in [3.05, 3.63) is 64.4 Å². The number of nitrogens with zero attached hydrogens (tertiary/aromatic N) is 2. The van der Waals surface area contributed by atoms with Crippen LogP contribution in [0, 0.1) is 0 Å². The number of fused-ring (bicyclic) bond motifs is 1. The SMILES string of the molecule is CCCn1c(SCC(=O)Nc2ccc(CC)cc2)nc2ccccc2c1=O. The van der Waals surface area contributed by atoms with Crippen LogP contribution in [0.4, 0.5) is 5.69 Å². The van der Waals surface area contributed by atoms with Gasteiger partial charge in [-0.15, -0.1) is 0 Å². The van der Waals surface area contributed by atoms with Crippen LogP contribution in [-0.4, -0.2) is 21.2 Å². The van der Waals surface area contributed by atoms with E-state index in [2.05, 4.69) is 17.2 Å². The summed E-state index contributed by atoms with van der Waals surface area (Å²) in [4.78, 5) is 29.7. The summed E-state index contributed by atoms with van der Waals surface area (Å²) in [5.74, 6) is 0.0824. The summed E-state index contributed by atoms with van der Waals surface area (Å²) in [6, 6.07) is 15.1. The van der Waals surface area contributed by atoms with Crippen LogP contribution in [0.2, 0.25) is 0 Å². The molecule has 0 bridgehead atoms. The van der Waals surface area contributed by atoms with Crippen molar-refractivity contribution in [1.29, 1.82) is 0 Å². The molecule has 0 saturated heterocycles. The molecule has 3 aromatic rings. The number of hydrogen-bond donors (Lipinski definition) is 1. The van der Waals surface area contributed by atoms with Gasteiger partial charge in [-0.25, -0.2) is 4.98 Å². The fourth-order valence-electron chi connectivity index (χ4n) is 2.83. The first-order valence-electron chi connectivity index (χ1n) is 9.13. The zero-order valence-electron chi connectivity index (χ0n) is 15.6. The second kappa shape index (κ2) is 8.86. The number of para-hydroxylation sites is 1. The van der Waals surface area contributed by atoms with E-state index in [0.717, 1.165) is 18.5 Å². The second-order valence-corrected chi connectivity index (χ2v) is 7.20. The molecule has 1 N–H and O–H groups in total. The average Bonchev–Trinajstić information content (AvgIpc) is 2.69. The maximum atomic E-state index is 12.7. The smallest absolute Gasteiger partial charge is 0.262 e. The van der Waals surface area contributed by atoms with Crippen LogP contribution < -0.4 is 10.9 Å². The Labute approximate surface area is 162 Å². The Bertz CT molecular complexity index is 996. The molecular formula is C21H23N3O2S. The predicted octanol–water partition coefficient (Wildman–Crippen LogP) is 4.10. The van der Waals surface area contributed by atoms with Gasteiger partial charge in [-0.05, 0) is 42.7 Å². The number of aromatic nitrogens is 2. The maximum Gasteiger partial charge on any atom is 0.262 e. The fourth-order valence-corrected chi connectivity index (χ4v) is 3.65. The van der Waals surface area contributed by atoms with Gasteiger partial charge in [-0.1, -0.05) is 49.9 Å². The Kier molecular flexibility index (Phi) is 6.29. The van der Waals surface area contributed by atoms with Crippen molar-refractivity contribution >= 4 is 34.3 Å². The van der Waals surface area contributed by atoms with Crippen molar-refractivity contribution in [1.82, 2.24) is 9.55 Å². The van der Waals surface area contributed by atoms with E-state index in [-0.39, 0.29) is 17.2 Å². The average molecular weight is 382 g/mol. The van der Waals surface area contributed by atoms with Crippen LogP contribution in [0.25, 0.3) is 10.9 Å². The summed E-state index contributed by atoms with van der Waals surface area (Å²) in [6.45, 7) is 4.69. The molecule has 3 rings (SSSR count). The number of carbonyl (C=O) groups is 1. The largest absolute Gasteiger partial charge is 0.325 e. The Morgan fingerprint density at radius 2 is 1.85 bits per heavy atom. The van der Waals surface area contributed by atoms with E-state index in [0.29, 0.717) is 22.6 Å². The minimum absolute atomic E-state index is 0.0551. The quantitative estimate of drug-likeness (QED) is 0.494. The minimum atomic E-state index is -0.116. The van der Waals surface area contributed by atoms with E-state index < -0.39 is 0 Å². The molecule has 140 valence electrons. The Hall–Kier alpha value is -2.60. The first-order chi connectivity index (χ1) is 13.1. The van der Waals surface area contributed by atoms with Gasteiger partial charge >= 0.3 is 0 Å². The van der Waals surface area contributed by atoms with Crippen molar-refractivity contribution < 1.29 is 4.79 Å². The summed E-state index contributed by atoms with van der Waals surface area (Å²) in [6.07, 6.45) is 1.79. The summed E-state index contributed by atoms with van der Waals surface area (Å²) in [7, 11) is 0. The summed E-state index contributed by atoms with van der Waals surface area (Å²) in [5, 5.41) is 4.08. The van der Waals surface area contributed by atoms with Crippen LogP contribution >= 0.6 is 11.8 Å². The van der Waals surface area contributed by atoms with Crippen molar-refractivity contribution in [3.63, 3.8) is 0 Å². The molecule has 27 heavy (non-hydrogen) atoms. The lowest BCUT2D eigenvalue weighted by Gasteiger charge is -2.12. The van der Waals surface area contributed by atoms with Crippen molar-refractivity contribution in [2.24, 2.45) is 0 Å². The van der Waals surface area contributed by atoms with Crippen LogP contribution in [0.15, 0.2) is 58.5 Å². The fraction of sp³-hybridized carbons (Fsp3) is 0.286. The predicted molar refractivity (Wildman–Crippen MR) is 111 cm³/mol. The molecule has 6 heteroatoms. The Morgan fingerprint density at radius 3 is 2.56 bits per heavy atom. The van der Waals surface area contributed by atoms with Crippen molar-refractivity contribution in [2.45, 2.75) is 38.4 Å². The number of amides is 1. The number of benzene rings is 2. The molecule has 0 saturated carbocycles. The zero-order valence-corrected chi connectivity index (χ0v) is 16.4. The maximum absolute atomic E-state index is 12.7. The highest BCUT2D eigenvalue weighted by molar-refractivity contribution is 7.99. The molecule has 0 radical (unpaired) electrons. The van der Waals surface area contributed by atoms with Crippen molar-refractivity contribution in [2.75, 3.05) is 11.1 Å². The van der Waals surface area contributed by atoms with E-state index in [4.69, 9.17) is 0 Å². The van der Waals surface area contributed by atoms with E-state index in [9.17, 15) is 9.59 Å². The Balaban J connectivity index is 1.76. The van der Waals surface area contributed by atoms with Crippen molar-refractivity contribution in [3.8, 4) is 0 Å². The monoisotopic (exact) mass is 381 g/mol. The number of nitrogens with one attached hydrogen (secondary N) is 1. The molecule has 0 spiro atoms. The van der Waals surface area contributed by atoms with Crippen LogP contribution in [0.5, 0.6) is 0 Å². The van der Waals surface area contributed by atoms with Gasteiger partial charge in [-0.3, -0.25) is 14.2 Å². The summed E-state index contributed by atoms with van der Waals surface area (Å²) >= 11 is 1.29. The number of thioether (sulfide) groups is 1. The lowest BCUT2D eigenvalue weighted by molar-refractivity contribution is -0.113. The molecule has 1 heterocycles. The highest BCUT2D eigenvalue weighted by atomic mass is 32.2. The molecule has 0 aliphatic heterocycles. The van der Waals surface area contributed by atoms with Gasteiger partial charge in [0.1, 0.15) is 0 Å². The molecule has 0 atom stereocenters. The number of anilines is 1. The van der Waals surface area contributed by atoms with Gasteiger partial charge in [0, 0.05) is 12.2 Å². The Morgan fingerprint density at radius 1 is 1.11 bits per heavy atom. The highest BCUT2D eigenvalue weighted by Gasteiger charge is 2.13. The lowest BCUT2D eigenvalue weighted by atomic mass is 10.1. The zero-order chi connectivity index (χ0) is 19.2. The number of rotatable bonds is 7. The minimum Gasteiger partial charge on any atom is -0.325 e. The molecule has 2 aromatic carbocycles. The van der Waals surface area contributed by atoms with Gasteiger partial charge in [0.05, 0.1) is 16.7 Å². The van der Waals surface area contributed by atoms with E-state index >= 15 is 0 Å². The second-order valence-electron chi connectivity index (χ2n) is 6.26. The van der Waals surface area contributed by atoms with E-state index in [1.165, 1.54) is 17.3 Å². The van der Waals surface area contributed by atoms with Crippen LogP contribution in [-0.2, 0) is 17.8 Å². The van der Waals surface area contributed by atoms with Crippen LogP contribution in [0.1, 0.15) is 25.8 Å². The molecule has 0 aliphatic carbocycles. The number of carbonyl (C=O) groups excluding carboxylic acids is 1.